The van der Waals surface area contributed by atoms with E-state index in [0.717, 1.165) is 4.31 Å². The van der Waals surface area contributed by atoms with Gasteiger partial charge in [0.05, 0.1) is 22.1 Å². The number of benzene rings is 2. The Labute approximate surface area is 141 Å². The van der Waals surface area contributed by atoms with Gasteiger partial charge < -0.3 is 4.74 Å². The fourth-order valence-electron chi connectivity index (χ4n) is 1.98. The number of rotatable bonds is 5. The average molecular weight is 344 g/mol. The van der Waals surface area contributed by atoms with Crippen molar-refractivity contribution in [3.8, 4) is 6.07 Å². The highest BCUT2D eigenvalue weighted by Gasteiger charge is 2.19. The van der Waals surface area contributed by atoms with E-state index in [-0.39, 0.29) is 17.1 Å². The van der Waals surface area contributed by atoms with Gasteiger partial charge in [-0.3, -0.25) is 0 Å². The van der Waals surface area contributed by atoms with Crippen LogP contribution in [-0.4, -0.2) is 32.8 Å². The molecule has 0 amide bonds. The second kappa shape index (κ2) is 7.25. The van der Waals surface area contributed by atoms with Crippen molar-refractivity contribution < 1.29 is 17.9 Å². The third-order valence-corrected chi connectivity index (χ3v) is 5.16. The number of nitriles is 1. The van der Waals surface area contributed by atoms with E-state index in [9.17, 15) is 13.2 Å². The molecule has 0 heterocycles. The molecule has 0 atom stereocenters. The van der Waals surface area contributed by atoms with Gasteiger partial charge in [0, 0.05) is 19.7 Å². The zero-order valence-corrected chi connectivity index (χ0v) is 14.1. The van der Waals surface area contributed by atoms with Gasteiger partial charge >= 0.3 is 5.97 Å². The largest absolute Gasteiger partial charge is 0.457 e. The van der Waals surface area contributed by atoms with Crippen LogP contribution in [0.3, 0.4) is 0 Å². The molecule has 7 heteroatoms. The van der Waals surface area contributed by atoms with Crippen LogP contribution in [-0.2, 0) is 21.4 Å². The first kappa shape index (κ1) is 17.7. The maximum atomic E-state index is 12.2. The summed E-state index contributed by atoms with van der Waals surface area (Å²) in [6.07, 6.45) is 0. The van der Waals surface area contributed by atoms with Crippen LogP contribution in [0.2, 0.25) is 0 Å². The molecule has 2 aromatic carbocycles. The van der Waals surface area contributed by atoms with E-state index in [1.165, 1.54) is 38.4 Å². The minimum absolute atomic E-state index is 0.0133. The lowest BCUT2D eigenvalue weighted by Crippen LogP contribution is -2.22. The SMILES string of the molecule is CN(C)S(=O)(=O)c1cccc(C(=O)OCc2ccccc2C#N)c1. The van der Waals surface area contributed by atoms with E-state index in [2.05, 4.69) is 0 Å². The topological polar surface area (TPSA) is 87.5 Å². The Bertz CT molecular complexity index is 899. The maximum absolute atomic E-state index is 12.2. The Morgan fingerprint density at radius 1 is 1.17 bits per heavy atom. The minimum Gasteiger partial charge on any atom is -0.457 e. The van der Waals surface area contributed by atoms with Gasteiger partial charge in [-0.15, -0.1) is 0 Å². The molecule has 0 radical (unpaired) electrons. The molecule has 0 saturated carbocycles. The molecular weight excluding hydrogens is 328 g/mol. The summed E-state index contributed by atoms with van der Waals surface area (Å²) >= 11 is 0. The van der Waals surface area contributed by atoms with Crippen molar-refractivity contribution in [2.24, 2.45) is 0 Å². The number of carbonyl (C=O) groups is 1. The maximum Gasteiger partial charge on any atom is 0.338 e. The predicted octanol–water partition coefficient (Wildman–Crippen LogP) is 2.17. The smallest absolute Gasteiger partial charge is 0.338 e. The molecule has 0 aliphatic rings. The van der Waals surface area contributed by atoms with Gasteiger partial charge in [-0.25, -0.2) is 17.5 Å². The zero-order valence-electron chi connectivity index (χ0n) is 13.3. The van der Waals surface area contributed by atoms with Gasteiger partial charge in [-0.1, -0.05) is 24.3 Å². The first-order chi connectivity index (χ1) is 11.4. The zero-order chi connectivity index (χ0) is 17.7. The molecule has 0 saturated heterocycles. The van der Waals surface area contributed by atoms with Crippen LogP contribution >= 0.6 is 0 Å². The number of esters is 1. The molecule has 2 aromatic rings. The lowest BCUT2D eigenvalue weighted by molar-refractivity contribution is 0.0472. The molecule has 2 rings (SSSR count). The summed E-state index contributed by atoms with van der Waals surface area (Å²) in [5.74, 6) is -0.654. The average Bonchev–Trinajstić information content (AvgIpc) is 2.59. The van der Waals surface area contributed by atoms with Crippen molar-refractivity contribution in [2.45, 2.75) is 11.5 Å². The number of ether oxygens (including phenoxy) is 1. The number of sulfonamides is 1. The summed E-state index contributed by atoms with van der Waals surface area (Å²) in [5, 5.41) is 9.02. The lowest BCUT2D eigenvalue weighted by atomic mass is 10.1. The molecule has 0 aromatic heterocycles. The molecule has 0 spiro atoms. The minimum atomic E-state index is -3.63. The van der Waals surface area contributed by atoms with Crippen molar-refractivity contribution in [1.29, 1.82) is 5.26 Å². The molecule has 0 bridgehead atoms. The van der Waals surface area contributed by atoms with Crippen molar-refractivity contribution in [3.05, 3.63) is 65.2 Å². The molecule has 0 fully saturated rings. The van der Waals surface area contributed by atoms with E-state index >= 15 is 0 Å². The fourth-order valence-corrected chi connectivity index (χ4v) is 2.92. The first-order valence-corrected chi connectivity index (χ1v) is 8.48. The van der Waals surface area contributed by atoms with Gasteiger partial charge in [0.1, 0.15) is 6.61 Å². The highest BCUT2D eigenvalue weighted by atomic mass is 32.2. The third-order valence-electron chi connectivity index (χ3n) is 3.34. The van der Waals surface area contributed by atoms with Crippen LogP contribution in [0.4, 0.5) is 0 Å². The van der Waals surface area contributed by atoms with Gasteiger partial charge in [0.15, 0.2) is 0 Å². The Kier molecular flexibility index (Phi) is 5.34. The monoisotopic (exact) mass is 344 g/mol. The molecule has 0 aliphatic heterocycles. The van der Waals surface area contributed by atoms with E-state index in [1.807, 2.05) is 6.07 Å². The van der Waals surface area contributed by atoms with Crippen molar-refractivity contribution in [3.63, 3.8) is 0 Å². The fraction of sp³-hybridized carbons (Fsp3) is 0.176. The van der Waals surface area contributed by atoms with Gasteiger partial charge in [0.25, 0.3) is 0 Å². The van der Waals surface area contributed by atoms with Crippen LogP contribution in [0.25, 0.3) is 0 Å². The van der Waals surface area contributed by atoms with Crippen molar-refractivity contribution >= 4 is 16.0 Å². The van der Waals surface area contributed by atoms with E-state index in [1.54, 1.807) is 24.3 Å². The van der Waals surface area contributed by atoms with Crippen LogP contribution in [0.5, 0.6) is 0 Å². The van der Waals surface area contributed by atoms with Crippen molar-refractivity contribution in [2.75, 3.05) is 14.1 Å². The summed E-state index contributed by atoms with van der Waals surface area (Å²) < 4.78 is 30.5. The molecule has 124 valence electrons. The second-order valence-corrected chi connectivity index (χ2v) is 7.31. The molecular formula is C17H16N2O4S. The van der Waals surface area contributed by atoms with Crippen LogP contribution < -0.4 is 0 Å². The Morgan fingerprint density at radius 2 is 1.88 bits per heavy atom. The summed E-state index contributed by atoms with van der Waals surface area (Å²) in [4.78, 5) is 12.2. The number of hydrogen-bond donors (Lipinski definition) is 0. The standard InChI is InChI=1S/C17H16N2O4S/c1-19(2)24(21,22)16-9-5-8-13(10-16)17(20)23-12-15-7-4-3-6-14(15)11-18/h3-10H,12H2,1-2H3. The van der Waals surface area contributed by atoms with E-state index in [0.29, 0.717) is 11.1 Å². The normalized spacial score (nSPS) is 11.1. The number of hydrogen-bond acceptors (Lipinski definition) is 5. The summed E-state index contributed by atoms with van der Waals surface area (Å²) in [6.45, 7) is -0.0623. The van der Waals surface area contributed by atoms with Gasteiger partial charge in [-0.2, -0.15) is 5.26 Å². The van der Waals surface area contributed by atoms with Crippen LogP contribution in [0.1, 0.15) is 21.5 Å². The number of nitrogens with zero attached hydrogens (tertiary/aromatic N) is 2. The second-order valence-electron chi connectivity index (χ2n) is 5.16. The number of carbonyl (C=O) groups excluding carboxylic acids is 1. The van der Waals surface area contributed by atoms with Crippen LogP contribution in [0, 0.1) is 11.3 Å². The summed E-state index contributed by atoms with van der Waals surface area (Å²) in [7, 11) is -0.797. The molecule has 0 unspecified atom stereocenters. The highest BCUT2D eigenvalue weighted by molar-refractivity contribution is 7.89. The Morgan fingerprint density at radius 3 is 2.54 bits per heavy atom. The lowest BCUT2D eigenvalue weighted by Gasteiger charge is -2.12. The summed E-state index contributed by atoms with van der Waals surface area (Å²) in [6, 6.07) is 14.5. The Balaban J connectivity index is 2.18. The van der Waals surface area contributed by atoms with Gasteiger partial charge in [-0.05, 0) is 24.3 Å². The third kappa shape index (κ3) is 3.79. The Hall–Kier alpha value is -2.69. The molecule has 6 nitrogen and oxygen atoms in total. The predicted molar refractivity (Wildman–Crippen MR) is 87.6 cm³/mol. The van der Waals surface area contributed by atoms with Crippen molar-refractivity contribution in [1.82, 2.24) is 4.31 Å². The first-order valence-electron chi connectivity index (χ1n) is 7.04. The molecule has 0 N–H and O–H groups in total. The molecule has 0 aliphatic carbocycles. The highest BCUT2D eigenvalue weighted by Crippen LogP contribution is 2.16. The van der Waals surface area contributed by atoms with E-state index < -0.39 is 16.0 Å². The molecule has 24 heavy (non-hydrogen) atoms. The van der Waals surface area contributed by atoms with Gasteiger partial charge in [0.2, 0.25) is 10.0 Å². The quantitative estimate of drug-likeness (QED) is 0.776. The van der Waals surface area contributed by atoms with E-state index in [4.69, 9.17) is 10.00 Å². The summed E-state index contributed by atoms with van der Waals surface area (Å²) in [5.41, 5.74) is 1.15. The van der Waals surface area contributed by atoms with Crippen LogP contribution in [0.15, 0.2) is 53.4 Å².